The summed E-state index contributed by atoms with van der Waals surface area (Å²) in [6.07, 6.45) is 0. The smallest absolute Gasteiger partial charge is 0.182 e. The number of quaternary nitrogens is 1. The van der Waals surface area contributed by atoms with E-state index in [1.165, 1.54) is 7.11 Å². The van der Waals surface area contributed by atoms with Crippen molar-refractivity contribution in [2.75, 3.05) is 47.2 Å². The predicted molar refractivity (Wildman–Crippen MR) is 60.6 cm³/mol. The summed E-state index contributed by atoms with van der Waals surface area (Å²) < 4.78 is 10.5. The Morgan fingerprint density at radius 2 is 1.75 bits per heavy atom. The molecule has 0 aromatic carbocycles. The lowest BCUT2D eigenvalue weighted by atomic mass is 10.5. The van der Waals surface area contributed by atoms with Gasteiger partial charge in [-0.25, -0.2) is 0 Å². The maximum Gasteiger partial charge on any atom is 0.182 e. The number of aliphatic carboxylic acids is 1. The average molecular weight is 235 g/mol. The summed E-state index contributed by atoms with van der Waals surface area (Å²) in [6, 6.07) is 0. The molecule has 0 rings (SSSR count). The van der Waals surface area contributed by atoms with E-state index >= 15 is 0 Å². The van der Waals surface area contributed by atoms with Crippen molar-refractivity contribution in [1.82, 2.24) is 0 Å². The van der Waals surface area contributed by atoms with Crippen LogP contribution in [0.3, 0.4) is 0 Å². The third-order valence-electron chi connectivity index (χ3n) is 2.40. The second-order valence-electron chi connectivity index (χ2n) is 3.68. The third-order valence-corrected chi connectivity index (χ3v) is 2.40. The predicted octanol–water partition coefficient (Wildman–Crippen LogP) is -0.150. The minimum Gasteiger partial charge on any atom is -0.548 e. The Hall–Kier alpha value is -0.650. The fraction of sp³-hybridized carbons (Fsp3) is 0.909. The summed E-state index contributed by atoms with van der Waals surface area (Å²) in [4.78, 5) is 9.36. The first kappa shape index (κ1) is 17.7. The van der Waals surface area contributed by atoms with Crippen molar-refractivity contribution in [2.45, 2.75) is 20.8 Å². The molecule has 0 bridgehead atoms. The lowest BCUT2D eigenvalue weighted by Crippen LogP contribution is -2.45. The van der Waals surface area contributed by atoms with Crippen LogP contribution in [-0.4, -0.2) is 57.6 Å². The van der Waals surface area contributed by atoms with Gasteiger partial charge >= 0.3 is 0 Å². The highest BCUT2D eigenvalue weighted by atomic mass is 16.5. The van der Waals surface area contributed by atoms with Crippen LogP contribution in [0, 0.1) is 0 Å². The zero-order valence-electron chi connectivity index (χ0n) is 11.1. The Balaban J connectivity index is 0. The van der Waals surface area contributed by atoms with Gasteiger partial charge in [-0.2, -0.15) is 0 Å². The number of rotatable bonds is 7. The molecule has 0 N–H and O–H groups in total. The standard InChI is InChI=1S/C8H20NO.C3H6O3/c1-5-9(4,6-2)8-10-7-3;1-6-2-3(4)5/h5-8H2,1-4H3;2H2,1H3,(H,4,5)/q+1;/p-1. The zero-order chi connectivity index (χ0) is 13.0. The molecule has 5 nitrogen and oxygen atoms in total. The van der Waals surface area contributed by atoms with Crippen LogP contribution in [0.5, 0.6) is 0 Å². The van der Waals surface area contributed by atoms with Gasteiger partial charge < -0.3 is 23.9 Å². The molecular weight excluding hydrogens is 210 g/mol. The maximum atomic E-state index is 9.36. The first-order valence-electron chi connectivity index (χ1n) is 5.55. The highest BCUT2D eigenvalue weighted by molar-refractivity contribution is 5.65. The fourth-order valence-electron chi connectivity index (χ4n) is 0.836. The molecule has 0 aromatic heterocycles. The van der Waals surface area contributed by atoms with Crippen LogP contribution < -0.4 is 5.11 Å². The largest absolute Gasteiger partial charge is 0.548 e. The lowest BCUT2D eigenvalue weighted by molar-refractivity contribution is -0.924. The Morgan fingerprint density at radius 1 is 1.25 bits per heavy atom. The number of carbonyl (C=O) groups is 1. The van der Waals surface area contributed by atoms with E-state index < -0.39 is 5.97 Å². The summed E-state index contributed by atoms with van der Waals surface area (Å²) in [5.41, 5.74) is 0. The van der Waals surface area contributed by atoms with Gasteiger partial charge in [0.25, 0.3) is 0 Å². The Bertz CT molecular complexity index is 169. The van der Waals surface area contributed by atoms with E-state index in [1.807, 2.05) is 6.92 Å². The van der Waals surface area contributed by atoms with Gasteiger partial charge in [-0.3, -0.25) is 0 Å². The number of hydrogen-bond donors (Lipinski definition) is 0. The molecule has 0 fully saturated rings. The monoisotopic (exact) mass is 235 g/mol. The minimum absolute atomic E-state index is 0.319. The molecule has 0 atom stereocenters. The molecule has 0 aliphatic carbocycles. The summed E-state index contributed by atoms with van der Waals surface area (Å²) in [7, 11) is 3.52. The molecule has 0 amide bonds. The number of carboxylic acid groups (broad SMARTS) is 1. The highest BCUT2D eigenvalue weighted by Crippen LogP contribution is 2.00. The van der Waals surface area contributed by atoms with Gasteiger partial charge in [-0.15, -0.1) is 0 Å². The fourth-order valence-corrected chi connectivity index (χ4v) is 0.836. The Labute approximate surface area is 98.5 Å². The lowest BCUT2D eigenvalue weighted by Gasteiger charge is -2.31. The molecule has 0 radical (unpaired) electrons. The molecule has 0 saturated heterocycles. The molecule has 0 heterocycles. The van der Waals surface area contributed by atoms with E-state index in [2.05, 4.69) is 25.6 Å². The zero-order valence-corrected chi connectivity index (χ0v) is 11.1. The SMILES string of the molecule is CCOC[N+](C)(CC)CC.COCC(=O)[O-]. The number of methoxy groups -OCH3 is 1. The van der Waals surface area contributed by atoms with Gasteiger partial charge in [0.05, 0.1) is 32.7 Å². The van der Waals surface area contributed by atoms with Crippen molar-refractivity contribution in [3.63, 3.8) is 0 Å². The normalized spacial score (nSPS) is 10.6. The second-order valence-corrected chi connectivity index (χ2v) is 3.68. The van der Waals surface area contributed by atoms with Gasteiger partial charge in [0.2, 0.25) is 0 Å². The van der Waals surface area contributed by atoms with Crippen LogP contribution in [-0.2, 0) is 14.3 Å². The molecule has 0 aromatic rings. The number of carbonyl (C=O) groups excluding carboxylic acids is 1. The van der Waals surface area contributed by atoms with Gasteiger partial charge in [0.15, 0.2) is 6.73 Å². The van der Waals surface area contributed by atoms with Crippen LogP contribution in [0.25, 0.3) is 0 Å². The van der Waals surface area contributed by atoms with E-state index in [9.17, 15) is 9.90 Å². The molecule has 0 aliphatic rings. The van der Waals surface area contributed by atoms with Crippen molar-refractivity contribution >= 4 is 5.97 Å². The van der Waals surface area contributed by atoms with Crippen LogP contribution in [0.1, 0.15) is 20.8 Å². The average Bonchev–Trinajstić information content (AvgIpc) is 2.26. The van der Waals surface area contributed by atoms with Crippen molar-refractivity contribution in [3.05, 3.63) is 0 Å². The molecular formula is C11H25NO4. The maximum absolute atomic E-state index is 9.36. The van der Waals surface area contributed by atoms with Gasteiger partial charge in [0.1, 0.15) is 0 Å². The molecule has 5 heteroatoms. The van der Waals surface area contributed by atoms with Crippen molar-refractivity contribution in [1.29, 1.82) is 0 Å². The van der Waals surface area contributed by atoms with E-state index in [0.29, 0.717) is 0 Å². The van der Waals surface area contributed by atoms with Crippen LogP contribution in [0.4, 0.5) is 0 Å². The topological polar surface area (TPSA) is 58.6 Å². The summed E-state index contributed by atoms with van der Waals surface area (Å²) in [6.45, 7) is 10.1. The van der Waals surface area contributed by atoms with E-state index in [0.717, 1.165) is 30.9 Å². The van der Waals surface area contributed by atoms with Crippen LogP contribution in [0.2, 0.25) is 0 Å². The van der Waals surface area contributed by atoms with Crippen LogP contribution in [0.15, 0.2) is 0 Å². The van der Waals surface area contributed by atoms with Gasteiger partial charge in [0, 0.05) is 13.7 Å². The molecule has 0 aliphatic heterocycles. The van der Waals surface area contributed by atoms with Crippen LogP contribution >= 0.6 is 0 Å². The number of hydrogen-bond acceptors (Lipinski definition) is 4. The first-order valence-corrected chi connectivity index (χ1v) is 5.55. The summed E-state index contributed by atoms with van der Waals surface area (Å²) in [5.74, 6) is -1.18. The van der Waals surface area contributed by atoms with Gasteiger partial charge in [-0.05, 0) is 20.8 Å². The highest BCUT2D eigenvalue weighted by Gasteiger charge is 2.14. The second kappa shape index (κ2) is 10.9. The summed E-state index contributed by atoms with van der Waals surface area (Å²) in [5, 5.41) is 9.36. The number of ether oxygens (including phenoxy) is 2. The Kier molecular flexibility index (Phi) is 12.0. The first-order chi connectivity index (χ1) is 7.45. The van der Waals surface area contributed by atoms with Gasteiger partial charge in [-0.1, -0.05) is 0 Å². The Morgan fingerprint density at radius 3 is 1.94 bits per heavy atom. The van der Waals surface area contributed by atoms with Crippen molar-refractivity contribution < 1.29 is 23.9 Å². The number of nitrogens with zero attached hydrogens (tertiary/aromatic N) is 1. The molecule has 0 unspecified atom stereocenters. The minimum atomic E-state index is -1.18. The molecule has 0 saturated carbocycles. The quantitative estimate of drug-likeness (QED) is 0.455. The van der Waals surface area contributed by atoms with Crippen molar-refractivity contribution in [3.8, 4) is 0 Å². The third kappa shape index (κ3) is 11.4. The van der Waals surface area contributed by atoms with E-state index in [4.69, 9.17) is 4.74 Å². The number of carboxylic acids is 1. The molecule has 16 heavy (non-hydrogen) atoms. The summed E-state index contributed by atoms with van der Waals surface area (Å²) >= 11 is 0. The van der Waals surface area contributed by atoms with E-state index in [-0.39, 0.29) is 6.61 Å². The molecule has 0 spiro atoms. The van der Waals surface area contributed by atoms with Crippen molar-refractivity contribution in [2.24, 2.45) is 0 Å². The molecule has 98 valence electrons. The van der Waals surface area contributed by atoms with E-state index in [1.54, 1.807) is 0 Å².